The van der Waals surface area contributed by atoms with Crippen molar-refractivity contribution in [3.63, 3.8) is 0 Å². The first kappa shape index (κ1) is 17.4. The van der Waals surface area contributed by atoms with Crippen LogP contribution in [0.3, 0.4) is 0 Å². The van der Waals surface area contributed by atoms with Crippen molar-refractivity contribution in [3.05, 3.63) is 0 Å². The monoisotopic (exact) mass is 312 g/mol. The Morgan fingerprint density at radius 2 is 1.21 bits per heavy atom. The van der Waals surface area contributed by atoms with Gasteiger partial charge in [0, 0.05) is 29.9 Å². The second kappa shape index (κ2) is 7.75. The molecule has 0 radical (unpaired) electrons. The summed E-state index contributed by atoms with van der Waals surface area (Å²) in [6, 6.07) is -1.50. The van der Waals surface area contributed by atoms with Gasteiger partial charge in [-0.25, -0.2) is 0 Å². The van der Waals surface area contributed by atoms with Gasteiger partial charge in [0.25, 0.3) is 0 Å². The van der Waals surface area contributed by atoms with Crippen LogP contribution in [-0.4, -0.2) is 35.8 Å². The fourth-order valence-electron chi connectivity index (χ4n) is 1.58. The topological polar surface area (TPSA) is 138 Å². The Labute approximate surface area is 119 Å². The van der Waals surface area contributed by atoms with Crippen molar-refractivity contribution in [1.29, 1.82) is 0 Å². The zero-order valence-corrected chi connectivity index (χ0v) is 10.9. The molecule has 0 aliphatic carbocycles. The summed E-state index contributed by atoms with van der Waals surface area (Å²) in [5.41, 5.74) is 0. The van der Waals surface area contributed by atoms with Gasteiger partial charge in [-0.15, -0.1) is 0 Å². The predicted molar refractivity (Wildman–Crippen MR) is 52.3 cm³/mol. The molecule has 9 heteroatoms. The summed E-state index contributed by atoms with van der Waals surface area (Å²) in [5, 5.41) is 24.5. The van der Waals surface area contributed by atoms with Crippen LogP contribution in [-0.2, 0) is 36.2 Å². The van der Waals surface area contributed by atoms with E-state index in [9.17, 15) is 29.4 Å². The third kappa shape index (κ3) is 5.71. The van der Waals surface area contributed by atoms with Crippen molar-refractivity contribution < 1.29 is 46.5 Å². The number of hydrogen-bond acceptors (Lipinski definition) is 6. The number of nitrogens with one attached hydrogen (secondary N) is 2. The Balaban J connectivity index is 0.000000324. The van der Waals surface area contributed by atoms with Gasteiger partial charge in [-0.1, -0.05) is 0 Å². The summed E-state index contributed by atoms with van der Waals surface area (Å²) in [5.74, 6) is -2.80. The minimum atomic E-state index is -1.19. The predicted octanol–water partition coefficient (Wildman–Crippen LogP) is -3.97. The van der Waals surface area contributed by atoms with E-state index in [0.717, 1.165) is 0 Å². The summed E-state index contributed by atoms with van der Waals surface area (Å²) >= 11 is 0. The molecule has 108 valence electrons. The molecule has 2 heterocycles. The van der Waals surface area contributed by atoms with E-state index in [1.807, 2.05) is 0 Å². The fourth-order valence-corrected chi connectivity index (χ4v) is 1.58. The maximum absolute atomic E-state index is 10.4. The molecule has 2 aliphatic heterocycles. The smallest absolute Gasteiger partial charge is 0.220 e. The molecule has 2 aliphatic rings. The van der Waals surface area contributed by atoms with Crippen LogP contribution in [0.15, 0.2) is 0 Å². The van der Waals surface area contributed by atoms with E-state index in [-0.39, 0.29) is 28.9 Å². The first-order valence-electron chi connectivity index (χ1n) is 5.40. The zero-order chi connectivity index (χ0) is 13.7. The second-order valence-corrected chi connectivity index (χ2v) is 3.96. The Morgan fingerprint density at radius 1 is 0.895 bits per heavy atom. The maximum Gasteiger partial charge on any atom is 0.220 e. The fraction of sp³-hybridized carbons (Fsp3) is 0.600. The Bertz CT molecular complexity index is 350. The van der Waals surface area contributed by atoms with E-state index in [1.165, 1.54) is 0 Å². The normalized spacial score (nSPS) is 24.4. The summed E-state index contributed by atoms with van der Waals surface area (Å²) in [4.78, 5) is 40.8. The SMILES string of the molecule is O=C1CC[C@@H](C(=O)[O-])N1.O=C1CC[C@@H](C(=O)[O-])N1.[Fe]. The number of carbonyl (C=O) groups excluding carboxylic acids is 4. The molecule has 0 spiro atoms. The molecular weight excluding hydrogens is 300 g/mol. The molecule has 2 fully saturated rings. The van der Waals surface area contributed by atoms with Crippen LogP contribution in [0.25, 0.3) is 0 Å². The number of aliphatic carboxylic acids is 2. The molecule has 2 rings (SSSR count). The number of carbonyl (C=O) groups is 4. The van der Waals surface area contributed by atoms with Gasteiger partial charge in [0.2, 0.25) is 11.8 Å². The molecule has 2 atom stereocenters. The van der Waals surface area contributed by atoms with Gasteiger partial charge >= 0.3 is 0 Å². The Morgan fingerprint density at radius 3 is 1.32 bits per heavy atom. The third-order valence-electron chi connectivity index (χ3n) is 2.56. The van der Waals surface area contributed by atoms with Crippen molar-refractivity contribution >= 4 is 23.8 Å². The Kier molecular flexibility index (Phi) is 7.10. The first-order valence-corrected chi connectivity index (χ1v) is 5.40. The quantitative estimate of drug-likeness (QED) is 0.499. The molecule has 0 unspecified atom stereocenters. The van der Waals surface area contributed by atoms with Crippen molar-refractivity contribution in [2.24, 2.45) is 0 Å². The summed E-state index contributed by atoms with van der Waals surface area (Å²) < 4.78 is 0. The first-order chi connectivity index (χ1) is 8.40. The van der Waals surface area contributed by atoms with E-state index >= 15 is 0 Å². The van der Waals surface area contributed by atoms with Crippen molar-refractivity contribution in [1.82, 2.24) is 10.6 Å². The van der Waals surface area contributed by atoms with Crippen LogP contribution in [0.5, 0.6) is 0 Å². The molecule has 2 N–H and O–H groups in total. The third-order valence-corrected chi connectivity index (χ3v) is 2.56. The van der Waals surface area contributed by atoms with Crippen molar-refractivity contribution in [3.8, 4) is 0 Å². The standard InChI is InChI=1S/2C5H7NO3.Fe/c2*7-4-2-1-3(6-4)5(8)9;/h2*3H,1-2H2,(H,6,7)(H,8,9);/p-2/t2*3-;/m00./s1. The van der Waals surface area contributed by atoms with E-state index < -0.39 is 24.0 Å². The maximum atomic E-state index is 10.4. The molecule has 8 nitrogen and oxygen atoms in total. The van der Waals surface area contributed by atoms with Crippen LogP contribution < -0.4 is 20.8 Å². The number of rotatable bonds is 2. The number of hydrogen-bond donors (Lipinski definition) is 2. The largest absolute Gasteiger partial charge is 0.548 e. The molecule has 2 amide bonds. The molecule has 19 heavy (non-hydrogen) atoms. The van der Waals surface area contributed by atoms with Crippen LogP contribution in [0.2, 0.25) is 0 Å². The molecular formula is C10H12FeN2O6-2. The molecule has 0 aromatic rings. The van der Waals surface area contributed by atoms with Gasteiger partial charge in [-0.3, -0.25) is 9.59 Å². The molecule has 0 saturated carbocycles. The van der Waals surface area contributed by atoms with E-state index in [4.69, 9.17) is 0 Å². The van der Waals surface area contributed by atoms with Crippen molar-refractivity contribution in [2.75, 3.05) is 0 Å². The second-order valence-electron chi connectivity index (χ2n) is 3.96. The average molecular weight is 312 g/mol. The summed E-state index contributed by atoms with van der Waals surface area (Å²) in [7, 11) is 0. The van der Waals surface area contributed by atoms with Gasteiger partial charge < -0.3 is 30.4 Å². The molecule has 0 aromatic heterocycles. The molecule has 2 saturated heterocycles. The van der Waals surface area contributed by atoms with Crippen LogP contribution in [0.1, 0.15) is 25.7 Å². The van der Waals surface area contributed by atoms with Gasteiger partial charge in [-0.2, -0.15) is 0 Å². The minimum absolute atomic E-state index is 0. The van der Waals surface area contributed by atoms with Gasteiger partial charge in [0.05, 0.1) is 24.0 Å². The number of carboxylic acid groups (broad SMARTS) is 2. The van der Waals surface area contributed by atoms with Crippen molar-refractivity contribution in [2.45, 2.75) is 37.8 Å². The number of carboxylic acids is 2. The van der Waals surface area contributed by atoms with E-state index in [2.05, 4.69) is 10.6 Å². The van der Waals surface area contributed by atoms with Crippen LogP contribution in [0, 0.1) is 0 Å². The molecule has 0 bridgehead atoms. The zero-order valence-electron chi connectivity index (χ0n) is 9.79. The van der Waals surface area contributed by atoms with Gasteiger partial charge in [0.15, 0.2) is 0 Å². The van der Waals surface area contributed by atoms with Crippen LogP contribution >= 0.6 is 0 Å². The summed E-state index contributed by atoms with van der Waals surface area (Å²) in [6.07, 6.45) is 1.33. The molecule has 0 aromatic carbocycles. The van der Waals surface area contributed by atoms with Crippen LogP contribution in [0.4, 0.5) is 0 Å². The van der Waals surface area contributed by atoms with Gasteiger partial charge in [0.1, 0.15) is 0 Å². The Hall–Kier alpha value is -1.60. The van der Waals surface area contributed by atoms with E-state index in [1.54, 1.807) is 0 Å². The van der Waals surface area contributed by atoms with E-state index in [0.29, 0.717) is 25.7 Å². The van der Waals surface area contributed by atoms with Gasteiger partial charge in [-0.05, 0) is 12.8 Å². The summed E-state index contributed by atoms with van der Waals surface area (Å²) in [6.45, 7) is 0. The minimum Gasteiger partial charge on any atom is -0.548 e. The average Bonchev–Trinajstić information content (AvgIpc) is 2.88. The number of amides is 2.